The van der Waals surface area contributed by atoms with Crippen LogP contribution in [0.5, 0.6) is 0 Å². The summed E-state index contributed by atoms with van der Waals surface area (Å²) in [6.45, 7) is 9.02. The Morgan fingerprint density at radius 2 is 1.26 bits per heavy atom. The van der Waals surface area contributed by atoms with Crippen LogP contribution in [0, 0.1) is 11.3 Å². The Morgan fingerprint density at radius 3 is 1.58 bits per heavy atom. The van der Waals surface area contributed by atoms with E-state index >= 15 is 0 Å². The third kappa shape index (κ3) is 13.5. The number of alkyl halides is 9. The summed E-state index contributed by atoms with van der Waals surface area (Å²) in [7, 11) is 0. The van der Waals surface area contributed by atoms with Crippen LogP contribution in [0.25, 0.3) is 10.8 Å². The largest absolute Gasteiger partial charge is 0.481 e. The lowest BCUT2D eigenvalue weighted by atomic mass is 9.87. The molecule has 0 bridgehead atoms. The molecule has 0 aromatic heterocycles. The number of rotatable bonds is 7. The van der Waals surface area contributed by atoms with Crippen LogP contribution in [0.2, 0.25) is 0 Å². The van der Waals surface area contributed by atoms with Crippen molar-refractivity contribution in [3.8, 4) is 0 Å². The van der Waals surface area contributed by atoms with Gasteiger partial charge in [-0.05, 0) is 48.4 Å². The molecule has 0 heterocycles. The van der Waals surface area contributed by atoms with Crippen LogP contribution in [0.15, 0.2) is 42.5 Å². The van der Waals surface area contributed by atoms with Crippen molar-refractivity contribution >= 4 is 22.7 Å². The zero-order valence-electron chi connectivity index (χ0n) is 23.5. The highest BCUT2D eigenvalue weighted by Gasteiger charge is 2.60. The Morgan fingerprint density at radius 1 is 0.791 bits per heavy atom. The van der Waals surface area contributed by atoms with Crippen molar-refractivity contribution in [2.45, 2.75) is 106 Å². The highest BCUT2D eigenvalue weighted by molar-refractivity contribution is 5.83. The molecule has 0 radical (unpaired) electrons. The van der Waals surface area contributed by atoms with E-state index in [0.717, 1.165) is 0 Å². The van der Waals surface area contributed by atoms with E-state index in [-0.39, 0.29) is 21.3 Å². The van der Waals surface area contributed by atoms with E-state index in [0.29, 0.717) is 12.8 Å². The molecule has 13 heteroatoms. The first-order valence-corrected chi connectivity index (χ1v) is 12.7. The predicted octanol–water partition coefficient (Wildman–Crippen LogP) is 10.7. The number of ether oxygens (including phenoxy) is 1. The number of carboxylic acid groups (broad SMARTS) is 1. The minimum atomic E-state index is -5.65. The second-order valence-corrected chi connectivity index (χ2v) is 9.61. The Hall–Kier alpha value is -2.99. The van der Waals surface area contributed by atoms with Crippen LogP contribution in [0.3, 0.4) is 0 Å². The molecule has 0 aliphatic carbocycles. The maximum Gasteiger partial charge on any atom is 0.434 e. The summed E-state index contributed by atoms with van der Waals surface area (Å²) in [6.07, 6.45) is -19.2. The fourth-order valence-electron chi connectivity index (χ4n) is 2.94. The molecule has 0 fully saturated rings. The Balaban J connectivity index is -0.000000554. The smallest absolute Gasteiger partial charge is 0.434 e. The highest BCUT2D eigenvalue weighted by atomic mass is 19.4. The van der Waals surface area contributed by atoms with Gasteiger partial charge in [-0.3, -0.25) is 9.59 Å². The monoisotopic (exact) mass is 638 g/mol. The zero-order valence-corrected chi connectivity index (χ0v) is 23.5. The van der Waals surface area contributed by atoms with E-state index in [9.17, 15) is 49.1 Å². The molecule has 0 amide bonds. The van der Waals surface area contributed by atoms with Gasteiger partial charge in [0, 0.05) is 0 Å². The molecule has 0 spiro atoms. The van der Waals surface area contributed by atoms with Crippen molar-refractivity contribution < 1.29 is 58.9 Å². The van der Waals surface area contributed by atoms with Gasteiger partial charge in [0.05, 0.1) is 5.92 Å². The van der Waals surface area contributed by atoms with Gasteiger partial charge in [-0.25, -0.2) is 0 Å². The molecule has 4 nitrogen and oxygen atoms in total. The summed E-state index contributed by atoms with van der Waals surface area (Å²) in [4.78, 5) is 21.0. The number of aliphatic carboxylic acids is 1. The Kier molecular flexibility index (Phi) is 18.6. The number of hydrogen-bond donors (Lipinski definition) is 1. The number of halogens is 9. The number of fused-ring (bicyclic) bond motifs is 1. The molecule has 2 aromatic carbocycles. The lowest BCUT2D eigenvalue weighted by molar-refractivity contribution is -0.314. The van der Waals surface area contributed by atoms with Crippen molar-refractivity contribution in [2.75, 3.05) is 0 Å². The average molecular weight is 639 g/mol. The second-order valence-electron chi connectivity index (χ2n) is 9.61. The summed E-state index contributed by atoms with van der Waals surface area (Å²) >= 11 is 0. The first-order chi connectivity index (χ1) is 18.6. The van der Waals surface area contributed by atoms with E-state index in [1.54, 1.807) is 0 Å². The zero-order chi connectivity index (χ0) is 32.4. The third-order valence-corrected chi connectivity index (χ3v) is 6.60. The molecule has 3 atom stereocenters. The van der Waals surface area contributed by atoms with Crippen LogP contribution in [0.4, 0.5) is 39.5 Å². The fourth-order valence-corrected chi connectivity index (χ4v) is 2.94. The number of benzene rings is 2. The topological polar surface area (TPSA) is 63.6 Å². The van der Waals surface area contributed by atoms with Gasteiger partial charge >= 0.3 is 30.5 Å². The number of hydrogen-bond acceptors (Lipinski definition) is 3. The van der Waals surface area contributed by atoms with Crippen molar-refractivity contribution in [3.63, 3.8) is 0 Å². The molecule has 3 unspecified atom stereocenters. The molecular formula is C30H43F9O4. The SMILES string of the molecule is C.C.CCC(C)(C(=O)O)C(F)(F)F.CCC(C)C(=O)OC(C(F)(F)F)C(F)(F)F.CCC(C)c1ccc2ccccc2c1. The van der Waals surface area contributed by atoms with Gasteiger partial charge in [-0.2, -0.15) is 39.5 Å². The lowest BCUT2D eigenvalue weighted by Gasteiger charge is -2.25. The molecule has 250 valence electrons. The molecule has 0 aliphatic heterocycles. The molecule has 43 heavy (non-hydrogen) atoms. The molecule has 2 rings (SSSR count). The number of carbonyl (C=O) groups excluding carboxylic acids is 1. The molecule has 0 aliphatic rings. The Labute approximate surface area is 247 Å². The van der Waals surface area contributed by atoms with Gasteiger partial charge < -0.3 is 9.84 Å². The summed E-state index contributed by atoms with van der Waals surface area (Å²) in [6, 6.07) is 15.3. The third-order valence-electron chi connectivity index (χ3n) is 6.60. The quantitative estimate of drug-likeness (QED) is 0.242. The van der Waals surface area contributed by atoms with Gasteiger partial charge in [-0.1, -0.05) is 91.9 Å². The maximum absolute atomic E-state index is 12.0. The molecule has 0 saturated carbocycles. The average Bonchev–Trinajstić information content (AvgIpc) is 2.88. The van der Waals surface area contributed by atoms with Gasteiger partial charge in [0.2, 0.25) is 0 Å². The summed E-state index contributed by atoms with van der Waals surface area (Å²) in [5.41, 5.74) is -1.15. The van der Waals surface area contributed by atoms with Crippen molar-refractivity contribution in [1.29, 1.82) is 0 Å². The molecule has 1 N–H and O–H groups in total. The van der Waals surface area contributed by atoms with E-state index < -0.39 is 54.3 Å². The van der Waals surface area contributed by atoms with Crippen LogP contribution in [0.1, 0.15) is 87.1 Å². The highest BCUT2D eigenvalue weighted by Crippen LogP contribution is 2.40. The lowest BCUT2D eigenvalue weighted by Crippen LogP contribution is -2.46. The normalized spacial score (nSPS) is 14.3. The predicted molar refractivity (Wildman–Crippen MR) is 150 cm³/mol. The first-order valence-electron chi connectivity index (χ1n) is 12.7. The summed E-state index contributed by atoms with van der Waals surface area (Å²) in [5.74, 6) is -3.68. The number of carboxylic acids is 1. The van der Waals surface area contributed by atoms with Crippen LogP contribution in [-0.2, 0) is 14.3 Å². The number of carbonyl (C=O) groups is 2. The molecular weight excluding hydrogens is 595 g/mol. The summed E-state index contributed by atoms with van der Waals surface area (Å²) < 4.78 is 111. The maximum atomic E-state index is 12.0. The van der Waals surface area contributed by atoms with Crippen molar-refractivity contribution in [2.24, 2.45) is 11.3 Å². The van der Waals surface area contributed by atoms with E-state index in [1.807, 2.05) is 0 Å². The summed E-state index contributed by atoms with van der Waals surface area (Å²) in [5, 5.41) is 10.9. The minimum Gasteiger partial charge on any atom is -0.481 e. The van der Waals surface area contributed by atoms with E-state index in [1.165, 1.54) is 43.5 Å². The Bertz CT molecular complexity index is 1100. The van der Waals surface area contributed by atoms with Crippen molar-refractivity contribution in [3.05, 3.63) is 48.0 Å². The minimum absolute atomic E-state index is 0. The van der Waals surface area contributed by atoms with Crippen LogP contribution >= 0.6 is 0 Å². The van der Waals surface area contributed by atoms with Crippen molar-refractivity contribution in [1.82, 2.24) is 0 Å². The fraction of sp³-hybridized carbons (Fsp3) is 0.600. The van der Waals surface area contributed by atoms with Gasteiger partial charge in [0.25, 0.3) is 6.10 Å². The van der Waals surface area contributed by atoms with Crippen LogP contribution in [-0.4, -0.2) is 41.7 Å². The second kappa shape index (κ2) is 18.0. The molecule has 2 aromatic rings. The number of esters is 1. The van der Waals surface area contributed by atoms with Gasteiger partial charge in [-0.15, -0.1) is 0 Å². The van der Waals surface area contributed by atoms with Crippen LogP contribution < -0.4 is 0 Å². The van der Waals surface area contributed by atoms with E-state index in [4.69, 9.17) is 5.11 Å². The van der Waals surface area contributed by atoms with Gasteiger partial charge in [0.1, 0.15) is 0 Å². The molecule has 0 saturated heterocycles. The standard InChI is InChI=1S/C14H16.C8H10F6O2.C6H9F3O2.2CH4/c1-3-11(2)13-9-8-12-6-4-5-7-14(12)10-13;1-3-4(2)5(15)16-6(7(9,10)11)8(12,13)14;1-3-5(2,4(10)11)6(7,8)9;;/h4-11H,3H2,1-2H3;4,6H,3H2,1-2H3;3H2,1-2H3,(H,10,11);2*1H4. The van der Waals surface area contributed by atoms with E-state index in [2.05, 4.69) is 61.0 Å². The first kappa shape index (κ1) is 44.5. The van der Waals surface area contributed by atoms with Gasteiger partial charge in [0.15, 0.2) is 5.41 Å².